The summed E-state index contributed by atoms with van der Waals surface area (Å²) in [6.07, 6.45) is 5.43. The zero-order chi connectivity index (χ0) is 16.1. The molecule has 3 heterocycles. The zero-order valence-corrected chi connectivity index (χ0v) is 12.7. The summed E-state index contributed by atoms with van der Waals surface area (Å²) in [7, 11) is 0. The first-order valence-corrected chi connectivity index (χ1v) is 7.67. The van der Waals surface area contributed by atoms with Gasteiger partial charge in [0.25, 0.3) is 11.8 Å². The van der Waals surface area contributed by atoms with Crippen LogP contribution in [0.2, 0.25) is 0 Å². The lowest BCUT2D eigenvalue weighted by Gasteiger charge is -2.14. The van der Waals surface area contributed by atoms with E-state index in [4.69, 9.17) is 0 Å². The van der Waals surface area contributed by atoms with E-state index in [-0.39, 0.29) is 17.5 Å². The van der Waals surface area contributed by atoms with Crippen LogP contribution in [0.3, 0.4) is 0 Å². The van der Waals surface area contributed by atoms with Crippen LogP contribution in [0, 0.1) is 0 Å². The van der Waals surface area contributed by atoms with E-state index >= 15 is 0 Å². The molecule has 0 radical (unpaired) electrons. The van der Waals surface area contributed by atoms with E-state index < -0.39 is 0 Å². The Morgan fingerprint density at radius 2 is 1.87 bits per heavy atom. The second kappa shape index (κ2) is 7.00. The Morgan fingerprint density at radius 3 is 2.61 bits per heavy atom. The highest BCUT2D eigenvalue weighted by molar-refractivity contribution is 5.96. The first kappa shape index (κ1) is 15.1. The lowest BCUT2D eigenvalue weighted by atomic mass is 10.2. The van der Waals surface area contributed by atoms with Gasteiger partial charge in [-0.2, -0.15) is 0 Å². The summed E-state index contributed by atoms with van der Waals surface area (Å²) in [5.41, 5.74) is 1.48. The maximum Gasteiger partial charge on any atom is 0.272 e. The predicted octanol–water partition coefficient (Wildman–Crippen LogP) is 1.64. The van der Waals surface area contributed by atoms with Gasteiger partial charge in [0.15, 0.2) is 0 Å². The van der Waals surface area contributed by atoms with E-state index in [9.17, 15) is 9.59 Å². The summed E-state index contributed by atoms with van der Waals surface area (Å²) in [5, 5.41) is 2.78. The largest absolute Gasteiger partial charge is 0.347 e. The fourth-order valence-corrected chi connectivity index (χ4v) is 2.54. The number of likely N-dealkylation sites (tertiary alicyclic amines) is 1. The number of carbonyl (C=O) groups is 2. The molecule has 1 aliphatic heterocycles. The molecule has 0 aromatic carbocycles. The molecule has 1 saturated heterocycles. The quantitative estimate of drug-likeness (QED) is 0.931. The van der Waals surface area contributed by atoms with Crippen molar-refractivity contribution in [1.82, 2.24) is 20.2 Å². The number of carbonyl (C=O) groups excluding carboxylic acids is 2. The van der Waals surface area contributed by atoms with Gasteiger partial charge < -0.3 is 10.2 Å². The van der Waals surface area contributed by atoms with Crippen LogP contribution in [-0.4, -0.2) is 39.8 Å². The Bertz CT molecular complexity index is 697. The van der Waals surface area contributed by atoms with Gasteiger partial charge in [-0.15, -0.1) is 0 Å². The smallest absolute Gasteiger partial charge is 0.272 e. The maximum atomic E-state index is 12.3. The highest BCUT2D eigenvalue weighted by Gasteiger charge is 2.21. The number of hydrogen-bond acceptors (Lipinski definition) is 4. The Labute approximate surface area is 134 Å². The van der Waals surface area contributed by atoms with Crippen molar-refractivity contribution >= 4 is 11.8 Å². The molecule has 0 unspecified atom stereocenters. The van der Waals surface area contributed by atoms with E-state index in [1.165, 1.54) is 0 Å². The molecule has 6 heteroatoms. The van der Waals surface area contributed by atoms with Crippen LogP contribution < -0.4 is 5.32 Å². The van der Waals surface area contributed by atoms with Crippen molar-refractivity contribution in [2.75, 3.05) is 13.1 Å². The molecular formula is C17H18N4O2. The predicted molar refractivity (Wildman–Crippen MR) is 84.8 cm³/mol. The van der Waals surface area contributed by atoms with Gasteiger partial charge in [0.05, 0.1) is 0 Å². The molecule has 1 aliphatic rings. The Hall–Kier alpha value is -2.76. The molecule has 2 amide bonds. The molecule has 2 aromatic rings. The van der Waals surface area contributed by atoms with Crippen LogP contribution >= 0.6 is 0 Å². The molecule has 118 valence electrons. The van der Waals surface area contributed by atoms with Gasteiger partial charge >= 0.3 is 0 Å². The van der Waals surface area contributed by atoms with Crippen LogP contribution in [0.15, 0.2) is 42.7 Å². The van der Waals surface area contributed by atoms with E-state index in [1.54, 1.807) is 35.5 Å². The third kappa shape index (κ3) is 3.71. The first-order chi connectivity index (χ1) is 11.2. The number of aromatic nitrogens is 2. The van der Waals surface area contributed by atoms with Crippen molar-refractivity contribution < 1.29 is 9.59 Å². The van der Waals surface area contributed by atoms with Crippen molar-refractivity contribution in [2.24, 2.45) is 0 Å². The number of nitrogens with one attached hydrogen (secondary N) is 1. The summed E-state index contributed by atoms with van der Waals surface area (Å²) in [5.74, 6) is -0.408. The molecular weight excluding hydrogens is 292 g/mol. The fraction of sp³-hybridized carbons (Fsp3) is 0.294. The summed E-state index contributed by atoms with van der Waals surface area (Å²) in [6.45, 7) is 1.90. The van der Waals surface area contributed by atoms with Crippen molar-refractivity contribution in [2.45, 2.75) is 19.4 Å². The third-order valence-electron chi connectivity index (χ3n) is 3.77. The van der Waals surface area contributed by atoms with Gasteiger partial charge in [0, 0.05) is 32.0 Å². The number of hydrogen-bond donors (Lipinski definition) is 1. The molecule has 1 fully saturated rings. The zero-order valence-electron chi connectivity index (χ0n) is 12.7. The van der Waals surface area contributed by atoms with Gasteiger partial charge in [0.2, 0.25) is 0 Å². The lowest BCUT2D eigenvalue weighted by Crippen LogP contribution is -2.29. The third-order valence-corrected chi connectivity index (χ3v) is 3.77. The first-order valence-electron chi connectivity index (χ1n) is 7.67. The Balaban J connectivity index is 1.66. The topological polar surface area (TPSA) is 75.2 Å². The van der Waals surface area contributed by atoms with Crippen molar-refractivity contribution in [3.63, 3.8) is 0 Å². The summed E-state index contributed by atoms with van der Waals surface area (Å²) in [6, 6.07) is 8.65. The monoisotopic (exact) mass is 310 g/mol. The number of amides is 2. The van der Waals surface area contributed by atoms with E-state index in [0.29, 0.717) is 12.2 Å². The van der Waals surface area contributed by atoms with E-state index in [0.717, 1.165) is 31.5 Å². The SMILES string of the molecule is O=C(NCc1cccnc1)c1cccc(C(=O)N2CCCC2)n1. The molecule has 3 rings (SSSR count). The highest BCUT2D eigenvalue weighted by atomic mass is 16.2. The van der Waals surface area contributed by atoms with Gasteiger partial charge in [0.1, 0.15) is 11.4 Å². The van der Waals surface area contributed by atoms with Crippen molar-refractivity contribution in [1.29, 1.82) is 0 Å². The van der Waals surface area contributed by atoms with Crippen LogP contribution in [0.1, 0.15) is 39.4 Å². The highest BCUT2D eigenvalue weighted by Crippen LogP contribution is 2.12. The van der Waals surface area contributed by atoms with Crippen LogP contribution in [0.25, 0.3) is 0 Å². The van der Waals surface area contributed by atoms with Gasteiger partial charge in [-0.1, -0.05) is 12.1 Å². The van der Waals surface area contributed by atoms with Crippen LogP contribution in [0.4, 0.5) is 0 Å². The lowest BCUT2D eigenvalue weighted by molar-refractivity contribution is 0.0787. The average molecular weight is 310 g/mol. The fourth-order valence-electron chi connectivity index (χ4n) is 2.54. The Kier molecular flexibility index (Phi) is 4.61. The van der Waals surface area contributed by atoms with Gasteiger partial charge in [-0.25, -0.2) is 4.98 Å². The van der Waals surface area contributed by atoms with Crippen molar-refractivity contribution in [3.8, 4) is 0 Å². The molecule has 0 atom stereocenters. The number of pyridine rings is 2. The van der Waals surface area contributed by atoms with Crippen LogP contribution in [0.5, 0.6) is 0 Å². The van der Waals surface area contributed by atoms with Gasteiger partial charge in [-0.3, -0.25) is 14.6 Å². The average Bonchev–Trinajstić information content (AvgIpc) is 3.14. The molecule has 0 aliphatic carbocycles. The molecule has 0 spiro atoms. The number of rotatable bonds is 4. The van der Waals surface area contributed by atoms with E-state index in [1.807, 2.05) is 12.1 Å². The molecule has 0 saturated carbocycles. The van der Waals surface area contributed by atoms with E-state index in [2.05, 4.69) is 15.3 Å². The molecule has 2 aromatic heterocycles. The molecule has 23 heavy (non-hydrogen) atoms. The molecule has 0 bridgehead atoms. The second-order valence-electron chi connectivity index (χ2n) is 5.45. The van der Waals surface area contributed by atoms with Crippen molar-refractivity contribution in [3.05, 3.63) is 59.7 Å². The number of nitrogens with zero attached hydrogens (tertiary/aromatic N) is 3. The standard InChI is InChI=1S/C17H18N4O2/c22-16(19-12-13-5-4-8-18-11-13)14-6-3-7-15(20-14)17(23)21-9-1-2-10-21/h3-8,11H,1-2,9-10,12H2,(H,19,22). The Morgan fingerprint density at radius 1 is 1.09 bits per heavy atom. The summed E-state index contributed by atoms with van der Waals surface area (Å²) in [4.78, 5) is 34.5. The summed E-state index contributed by atoms with van der Waals surface area (Å²) < 4.78 is 0. The minimum atomic E-state index is -0.301. The second-order valence-corrected chi connectivity index (χ2v) is 5.45. The normalized spacial score (nSPS) is 13.8. The molecule has 1 N–H and O–H groups in total. The minimum Gasteiger partial charge on any atom is -0.347 e. The van der Waals surface area contributed by atoms with Crippen LogP contribution in [-0.2, 0) is 6.54 Å². The maximum absolute atomic E-state index is 12.3. The van der Waals surface area contributed by atoms with Gasteiger partial charge in [-0.05, 0) is 36.6 Å². The summed E-state index contributed by atoms with van der Waals surface area (Å²) >= 11 is 0. The minimum absolute atomic E-state index is 0.107. The molecule has 6 nitrogen and oxygen atoms in total.